The van der Waals surface area contributed by atoms with Crippen LogP contribution in [0.15, 0.2) is 35.4 Å². The highest BCUT2D eigenvalue weighted by atomic mass is 32.2. The van der Waals surface area contributed by atoms with Crippen molar-refractivity contribution in [3.05, 3.63) is 53.1 Å². The van der Waals surface area contributed by atoms with Gasteiger partial charge in [0.15, 0.2) is 0 Å². The Morgan fingerprint density at radius 3 is 2.96 bits per heavy atom. The lowest BCUT2D eigenvalue weighted by molar-refractivity contribution is 0.101. The average molecular weight is 383 g/mol. The summed E-state index contributed by atoms with van der Waals surface area (Å²) in [6, 6.07) is 5.82. The lowest BCUT2D eigenvalue weighted by Gasteiger charge is -2.12. The molecule has 1 aliphatic carbocycles. The van der Waals surface area contributed by atoms with Gasteiger partial charge in [-0.2, -0.15) is 5.26 Å². The van der Waals surface area contributed by atoms with E-state index in [4.69, 9.17) is 10.0 Å². The number of hydrogen-bond acceptors (Lipinski definition) is 3. The molecule has 2 aromatic rings. The lowest BCUT2D eigenvalue weighted by Crippen LogP contribution is -2.29. The van der Waals surface area contributed by atoms with Gasteiger partial charge >= 0.3 is 0 Å². The first-order valence-electron chi connectivity index (χ1n) is 8.58. The second-order valence-electron chi connectivity index (χ2n) is 6.77. The number of nitriles is 1. The van der Waals surface area contributed by atoms with Crippen molar-refractivity contribution in [1.82, 2.24) is 9.29 Å². The van der Waals surface area contributed by atoms with E-state index in [0.29, 0.717) is 17.3 Å². The molecule has 8 heteroatoms. The Balaban J connectivity index is 1.66. The summed E-state index contributed by atoms with van der Waals surface area (Å²) in [4.78, 5) is 13.7. The van der Waals surface area contributed by atoms with Crippen molar-refractivity contribution < 1.29 is 9.18 Å². The van der Waals surface area contributed by atoms with Crippen molar-refractivity contribution in [2.24, 2.45) is 13.0 Å². The number of nitrogens with zero attached hydrogens (tertiary/aromatic N) is 2. The molecule has 2 heterocycles. The largest absolute Gasteiger partial charge is 0.345 e. The molecule has 0 saturated heterocycles. The van der Waals surface area contributed by atoms with Gasteiger partial charge in [0.25, 0.3) is 5.91 Å². The van der Waals surface area contributed by atoms with Crippen LogP contribution in [0.25, 0.3) is 6.08 Å². The maximum atomic E-state index is 13.5. The molecule has 0 spiro atoms. The molecule has 0 radical (unpaired) electrons. The van der Waals surface area contributed by atoms with Crippen LogP contribution >= 0.6 is 0 Å². The first kappa shape index (κ1) is 17.6. The third-order valence-electron chi connectivity index (χ3n) is 4.82. The van der Waals surface area contributed by atoms with E-state index in [1.807, 2.05) is 12.2 Å². The van der Waals surface area contributed by atoms with Crippen LogP contribution in [0, 0.1) is 27.8 Å². The van der Waals surface area contributed by atoms with Gasteiger partial charge in [-0.3, -0.25) is 9.57 Å². The third-order valence-corrected chi connectivity index (χ3v) is 6.09. The van der Waals surface area contributed by atoms with Crippen molar-refractivity contribution in [3.63, 3.8) is 0 Å². The number of carbonyl (C=O) groups is 1. The van der Waals surface area contributed by atoms with Crippen LogP contribution in [0.1, 0.15) is 34.5 Å². The summed E-state index contributed by atoms with van der Waals surface area (Å²) in [5, 5.41) is 11.7. The number of aryl methyl sites for hydroxylation is 1. The molecule has 138 valence electrons. The lowest BCUT2D eigenvalue weighted by atomic mass is 10.1. The van der Waals surface area contributed by atoms with Crippen molar-refractivity contribution >= 4 is 28.5 Å². The number of rotatable bonds is 3. The van der Waals surface area contributed by atoms with E-state index >= 15 is 0 Å². The molecule has 2 atom stereocenters. The van der Waals surface area contributed by atoms with E-state index in [-0.39, 0.29) is 17.5 Å². The molecule has 27 heavy (non-hydrogen) atoms. The minimum Gasteiger partial charge on any atom is -0.345 e. The third kappa shape index (κ3) is 3.31. The highest BCUT2D eigenvalue weighted by molar-refractivity contribution is 7.84. The molecule has 4 rings (SSSR count). The number of aromatic nitrogens is 1. The Kier molecular flexibility index (Phi) is 4.42. The van der Waals surface area contributed by atoms with Gasteiger partial charge in [0.2, 0.25) is 0 Å². The normalized spacial score (nSPS) is 21.2. The van der Waals surface area contributed by atoms with Gasteiger partial charge in [0.1, 0.15) is 17.6 Å². The summed E-state index contributed by atoms with van der Waals surface area (Å²) in [5.74, 6) is -0.414. The predicted molar refractivity (Wildman–Crippen MR) is 102 cm³/mol. The smallest absolute Gasteiger partial charge is 0.272 e. The van der Waals surface area contributed by atoms with Gasteiger partial charge in [-0.15, -0.1) is 0 Å². The molecule has 0 bridgehead atoms. The first-order chi connectivity index (χ1) is 13.0. The van der Waals surface area contributed by atoms with Gasteiger partial charge in [-0.05, 0) is 47.8 Å². The van der Waals surface area contributed by atoms with Gasteiger partial charge < -0.3 is 9.88 Å². The second kappa shape index (κ2) is 6.76. The fraction of sp³-hybridized carbons (Fsp3) is 0.263. The Hall–Kier alpha value is -2.76. The number of amides is 1. The molecular weight excluding hydrogens is 365 g/mol. The van der Waals surface area contributed by atoms with Crippen LogP contribution in [0.5, 0.6) is 0 Å². The minimum absolute atomic E-state index is 0.123. The number of fused-ring (bicyclic) bond motifs is 1. The highest BCUT2D eigenvalue weighted by Crippen LogP contribution is 2.36. The monoisotopic (exact) mass is 383 g/mol. The van der Waals surface area contributed by atoms with Crippen molar-refractivity contribution in [2.75, 3.05) is 5.32 Å². The van der Waals surface area contributed by atoms with Gasteiger partial charge in [0, 0.05) is 30.5 Å². The zero-order chi connectivity index (χ0) is 19.1. The summed E-state index contributed by atoms with van der Waals surface area (Å²) < 4.78 is 27.0. The van der Waals surface area contributed by atoms with Crippen molar-refractivity contribution in [1.29, 1.82) is 10.0 Å². The summed E-state index contributed by atoms with van der Waals surface area (Å²) in [6.07, 6.45) is 8.10. The summed E-state index contributed by atoms with van der Waals surface area (Å²) >= 11 is 0. The van der Waals surface area contributed by atoms with Gasteiger partial charge in [0.05, 0.1) is 10.5 Å². The Morgan fingerprint density at radius 2 is 2.26 bits per heavy atom. The molecule has 1 fully saturated rings. The first-order valence-corrected chi connectivity index (χ1v) is 9.80. The molecule has 1 saturated carbocycles. The number of carbonyl (C=O) groups excluding carboxylic acids is 1. The second-order valence-corrected chi connectivity index (χ2v) is 8.06. The number of hydrogen-bond donors (Lipinski definition) is 3. The average Bonchev–Trinajstić information content (AvgIpc) is 3.44. The van der Waals surface area contributed by atoms with E-state index in [9.17, 15) is 9.18 Å². The van der Waals surface area contributed by atoms with Crippen LogP contribution in [-0.2, 0) is 17.9 Å². The zero-order valence-corrected chi connectivity index (χ0v) is 15.4. The van der Waals surface area contributed by atoms with Crippen LogP contribution < -0.4 is 10.0 Å². The Bertz CT molecular complexity index is 1030. The molecule has 1 aliphatic heterocycles. The van der Waals surface area contributed by atoms with Crippen LogP contribution in [0.2, 0.25) is 0 Å². The Labute approximate surface area is 158 Å². The van der Waals surface area contributed by atoms with Crippen molar-refractivity contribution in [3.8, 4) is 6.07 Å². The van der Waals surface area contributed by atoms with Gasteiger partial charge in [-0.1, -0.05) is 12.2 Å². The number of nitrogens with one attached hydrogen (secondary N) is 3. The fourth-order valence-electron chi connectivity index (χ4n) is 3.25. The van der Waals surface area contributed by atoms with E-state index in [2.05, 4.69) is 10.0 Å². The van der Waals surface area contributed by atoms with Crippen LogP contribution in [-0.4, -0.2) is 16.5 Å². The predicted octanol–water partition coefficient (Wildman–Crippen LogP) is 3.34. The molecule has 6 nitrogen and oxygen atoms in total. The highest BCUT2D eigenvalue weighted by Gasteiger charge is 2.32. The zero-order valence-electron chi connectivity index (χ0n) is 14.6. The molecule has 1 aromatic carbocycles. The molecule has 1 aromatic heterocycles. The standard InChI is InChI=1S/C19H18FN5OS/c1-25-10-17-14(5-7-16(11-2-3-11)24-27(17)22)18(25)19(26)23-13-4-6-15(20)12(8-13)9-21/h4-8,10-11,16H,2-3H2,1H3,(H2,22,24)(H,23,26). The van der Waals surface area contributed by atoms with Crippen molar-refractivity contribution in [2.45, 2.75) is 23.8 Å². The van der Waals surface area contributed by atoms with E-state index in [0.717, 1.165) is 29.4 Å². The van der Waals surface area contributed by atoms with E-state index in [1.165, 1.54) is 12.1 Å². The molecule has 1 amide bonds. The van der Waals surface area contributed by atoms with Crippen LogP contribution in [0.3, 0.4) is 0 Å². The van der Waals surface area contributed by atoms with E-state index in [1.54, 1.807) is 23.9 Å². The summed E-state index contributed by atoms with van der Waals surface area (Å²) in [6.45, 7) is 0. The number of anilines is 1. The maximum Gasteiger partial charge on any atom is 0.272 e. The quantitative estimate of drug-likeness (QED) is 0.759. The molecule has 2 aliphatic rings. The van der Waals surface area contributed by atoms with E-state index < -0.39 is 16.7 Å². The summed E-state index contributed by atoms with van der Waals surface area (Å²) in [5.41, 5.74) is 1.39. The SMILES string of the molecule is Cn1cc2c(c1C(=O)Nc1ccc(F)c(C#N)c1)C=CC(C1CC1)NS2=N. The molecule has 3 N–H and O–H groups in total. The summed E-state index contributed by atoms with van der Waals surface area (Å²) in [7, 11) is 0.852. The number of halogens is 1. The molecular formula is C19H18FN5OS. The minimum atomic E-state index is -0.910. The molecule has 2 unspecified atom stereocenters. The number of benzene rings is 1. The Morgan fingerprint density at radius 1 is 1.48 bits per heavy atom. The van der Waals surface area contributed by atoms with Crippen LogP contribution in [0.4, 0.5) is 10.1 Å². The topological polar surface area (TPSA) is 93.7 Å². The fourth-order valence-corrected chi connectivity index (χ4v) is 4.57. The van der Waals surface area contributed by atoms with Gasteiger partial charge in [-0.25, -0.2) is 9.11 Å². The maximum absolute atomic E-state index is 13.5.